The van der Waals surface area contributed by atoms with Gasteiger partial charge in [-0.2, -0.15) is 0 Å². The number of fused-ring (bicyclic) bond motifs is 4. The summed E-state index contributed by atoms with van der Waals surface area (Å²) < 4.78 is 8.73. The third-order valence-corrected chi connectivity index (χ3v) is 6.69. The molecule has 0 unspecified atom stereocenters. The summed E-state index contributed by atoms with van der Waals surface area (Å²) in [5.41, 5.74) is 8.50. The number of benzene rings is 4. The van der Waals surface area contributed by atoms with Crippen molar-refractivity contribution in [2.45, 2.75) is 39.5 Å². The molecule has 0 aliphatic carbocycles. The van der Waals surface area contributed by atoms with E-state index in [1.807, 2.05) is 24.3 Å². The molecule has 35 heavy (non-hydrogen) atoms. The van der Waals surface area contributed by atoms with E-state index in [9.17, 15) is 0 Å². The van der Waals surface area contributed by atoms with E-state index in [-0.39, 0.29) is 20.1 Å². The number of aromatic nitrogens is 2. The molecule has 1 radical (unpaired) electrons. The summed E-state index contributed by atoms with van der Waals surface area (Å²) in [6, 6.07) is 30.8. The van der Waals surface area contributed by atoms with Gasteiger partial charge in [-0.1, -0.05) is 87.2 Å². The first-order chi connectivity index (χ1) is 16.5. The molecule has 4 aromatic carbocycles. The summed E-state index contributed by atoms with van der Waals surface area (Å²) in [6.45, 7) is 9.03. The first-order valence-corrected chi connectivity index (χ1v) is 12.0. The van der Waals surface area contributed by atoms with E-state index in [0.717, 1.165) is 44.4 Å². The smallest absolute Gasteiger partial charge is 0.120 e. The van der Waals surface area contributed by atoms with Gasteiger partial charge >= 0.3 is 0 Å². The zero-order valence-electron chi connectivity index (χ0n) is 20.3. The molecule has 0 spiro atoms. The SMILES string of the molecule is CC(C)c1cccc(C(C)C)c1-n1c(-c2[c-]ccc3c2oc2ccccc23)nc2ccccc21.[Ir]. The van der Waals surface area contributed by atoms with E-state index < -0.39 is 0 Å². The molecule has 2 heterocycles. The normalized spacial score (nSPS) is 11.7. The first-order valence-electron chi connectivity index (χ1n) is 12.0. The molecule has 0 N–H and O–H groups in total. The van der Waals surface area contributed by atoms with Crippen LogP contribution in [0.2, 0.25) is 0 Å². The van der Waals surface area contributed by atoms with Gasteiger partial charge in [0.1, 0.15) is 5.58 Å². The Morgan fingerprint density at radius 2 is 1.46 bits per heavy atom. The van der Waals surface area contributed by atoms with Crippen LogP contribution in [0, 0.1) is 6.07 Å². The van der Waals surface area contributed by atoms with Gasteiger partial charge in [0.2, 0.25) is 0 Å². The second-order valence-electron chi connectivity index (χ2n) is 9.55. The van der Waals surface area contributed by atoms with Gasteiger partial charge in [0.15, 0.2) is 0 Å². The van der Waals surface area contributed by atoms with Gasteiger partial charge in [0.05, 0.1) is 22.4 Å². The number of imidazole rings is 1. The number of para-hydroxylation sites is 4. The minimum absolute atomic E-state index is 0. The third-order valence-electron chi connectivity index (χ3n) is 6.69. The Morgan fingerprint density at radius 1 is 0.771 bits per heavy atom. The fourth-order valence-corrected chi connectivity index (χ4v) is 5.05. The first kappa shape index (κ1) is 23.5. The molecular formula is C31H27IrN2O-. The minimum Gasteiger partial charge on any atom is -0.501 e. The van der Waals surface area contributed by atoms with Gasteiger partial charge in [0.25, 0.3) is 0 Å². The van der Waals surface area contributed by atoms with Crippen LogP contribution in [-0.2, 0) is 20.1 Å². The Kier molecular flexibility index (Phi) is 6.12. The van der Waals surface area contributed by atoms with E-state index in [1.165, 1.54) is 16.8 Å². The molecule has 0 atom stereocenters. The topological polar surface area (TPSA) is 31.0 Å². The zero-order chi connectivity index (χ0) is 23.4. The molecule has 6 rings (SSSR count). The summed E-state index contributed by atoms with van der Waals surface area (Å²) in [6.07, 6.45) is 0. The fourth-order valence-electron chi connectivity index (χ4n) is 5.05. The molecular weight excluding hydrogens is 609 g/mol. The summed E-state index contributed by atoms with van der Waals surface area (Å²) in [4.78, 5) is 5.15. The van der Waals surface area contributed by atoms with Crippen LogP contribution in [0.15, 0.2) is 83.3 Å². The van der Waals surface area contributed by atoms with Crippen LogP contribution in [0.1, 0.15) is 50.7 Å². The van der Waals surface area contributed by atoms with E-state index in [0.29, 0.717) is 11.8 Å². The van der Waals surface area contributed by atoms with Gasteiger partial charge in [-0.05, 0) is 41.2 Å². The Balaban J connectivity index is 0.00000253. The number of hydrogen-bond acceptors (Lipinski definition) is 2. The van der Waals surface area contributed by atoms with Crippen molar-refractivity contribution < 1.29 is 24.5 Å². The van der Waals surface area contributed by atoms with Crippen LogP contribution in [-0.4, -0.2) is 9.55 Å². The van der Waals surface area contributed by atoms with Crippen molar-refractivity contribution in [1.29, 1.82) is 0 Å². The molecule has 2 aromatic heterocycles. The molecule has 3 nitrogen and oxygen atoms in total. The number of furan rings is 1. The van der Waals surface area contributed by atoms with E-state index in [2.05, 4.69) is 92.9 Å². The molecule has 4 heteroatoms. The zero-order valence-corrected chi connectivity index (χ0v) is 22.7. The number of nitrogens with zero attached hydrogens (tertiary/aromatic N) is 2. The van der Waals surface area contributed by atoms with E-state index >= 15 is 0 Å². The number of rotatable bonds is 4. The van der Waals surface area contributed by atoms with Crippen molar-refractivity contribution in [3.63, 3.8) is 0 Å². The van der Waals surface area contributed by atoms with Crippen LogP contribution in [0.4, 0.5) is 0 Å². The summed E-state index contributed by atoms with van der Waals surface area (Å²) >= 11 is 0. The van der Waals surface area contributed by atoms with Crippen LogP contribution in [0.3, 0.4) is 0 Å². The average molecular weight is 636 g/mol. The van der Waals surface area contributed by atoms with Gasteiger partial charge in [-0.15, -0.1) is 18.2 Å². The number of hydrogen-bond donors (Lipinski definition) is 0. The Morgan fingerprint density at radius 3 is 2.20 bits per heavy atom. The maximum atomic E-state index is 6.40. The summed E-state index contributed by atoms with van der Waals surface area (Å²) in [5, 5.41) is 2.20. The molecule has 0 aliphatic heterocycles. The van der Waals surface area contributed by atoms with Crippen molar-refractivity contribution in [3.05, 3.63) is 96.1 Å². The molecule has 0 saturated carbocycles. The molecule has 0 aliphatic rings. The molecule has 177 valence electrons. The molecule has 0 bridgehead atoms. The van der Waals surface area contributed by atoms with Gasteiger partial charge in [-0.3, -0.25) is 4.98 Å². The monoisotopic (exact) mass is 636 g/mol. The summed E-state index contributed by atoms with van der Waals surface area (Å²) in [5.74, 6) is 1.60. The van der Waals surface area contributed by atoms with Crippen molar-refractivity contribution in [3.8, 4) is 17.1 Å². The molecule has 6 aromatic rings. The standard InChI is InChI=1S/C31H27N2O.Ir/c1-19(2)21-12-9-13-22(20(3)4)29(21)33-27-17-7-6-16-26(27)32-31(33)25-15-10-14-24-23-11-5-8-18-28(23)34-30(24)25;/h5-14,16-20H,1-4H3;/q-1;. The Hall–Kier alpha value is -3.20. The van der Waals surface area contributed by atoms with E-state index in [1.54, 1.807) is 0 Å². The second kappa shape index (κ2) is 9.11. The van der Waals surface area contributed by atoms with Crippen LogP contribution in [0.5, 0.6) is 0 Å². The largest absolute Gasteiger partial charge is 0.501 e. The summed E-state index contributed by atoms with van der Waals surface area (Å²) in [7, 11) is 0. The van der Waals surface area contributed by atoms with Crippen molar-refractivity contribution in [2.24, 2.45) is 0 Å². The van der Waals surface area contributed by atoms with Gasteiger partial charge < -0.3 is 8.98 Å². The Labute approximate surface area is 219 Å². The van der Waals surface area contributed by atoms with Crippen LogP contribution < -0.4 is 0 Å². The molecule has 0 amide bonds. The molecule has 0 fully saturated rings. The average Bonchev–Trinajstić information content (AvgIpc) is 3.42. The predicted molar refractivity (Wildman–Crippen MR) is 141 cm³/mol. The van der Waals surface area contributed by atoms with Crippen molar-refractivity contribution >= 4 is 33.0 Å². The Bertz CT molecular complexity index is 1650. The maximum Gasteiger partial charge on any atom is 0.120 e. The van der Waals surface area contributed by atoms with Gasteiger partial charge in [-0.25, -0.2) is 0 Å². The maximum absolute atomic E-state index is 6.40. The van der Waals surface area contributed by atoms with Crippen molar-refractivity contribution in [1.82, 2.24) is 9.55 Å². The fraction of sp³-hybridized carbons (Fsp3) is 0.194. The quantitative estimate of drug-likeness (QED) is 0.182. The van der Waals surface area contributed by atoms with Crippen LogP contribution in [0.25, 0.3) is 50.0 Å². The minimum atomic E-state index is 0. The van der Waals surface area contributed by atoms with Crippen molar-refractivity contribution in [2.75, 3.05) is 0 Å². The predicted octanol–water partition coefficient (Wildman–Crippen LogP) is 8.64. The third kappa shape index (κ3) is 3.73. The molecule has 0 saturated heterocycles. The van der Waals surface area contributed by atoms with E-state index in [4.69, 9.17) is 9.40 Å². The van der Waals surface area contributed by atoms with Crippen LogP contribution >= 0.6 is 0 Å². The van der Waals surface area contributed by atoms with Gasteiger partial charge in [0, 0.05) is 31.2 Å². The second-order valence-corrected chi connectivity index (χ2v) is 9.55.